The van der Waals surface area contributed by atoms with Crippen molar-refractivity contribution in [2.45, 2.75) is 37.8 Å². The summed E-state index contributed by atoms with van der Waals surface area (Å²) in [5, 5.41) is 2.78. The molecule has 0 aliphatic carbocycles. The van der Waals surface area contributed by atoms with Crippen molar-refractivity contribution < 1.29 is 31.9 Å². The van der Waals surface area contributed by atoms with E-state index in [1.807, 2.05) is 6.92 Å². The van der Waals surface area contributed by atoms with E-state index in [0.29, 0.717) is 24.3 Å². The Bertz CT molecular complexity index is 1400. The number of rotatable bonds is 13. The summed E-state index contributed by atoms with van der Waals surface area (Å²) in [6.07, 6.45) is 0.698. The lowest BCUT2D eigenvalue weighted by molar-refractivity contribution is -0.139. The summed E-state index contributed by atoms with van der Waals surface area (Å²) >= 11 is 0. The molecule has 2 amide bonds. The normalized spacial score (nSPS) is 11.8. The third-order valence-electron chi connectivity index (χ3n) is 6.25. The first-order chi connectivity index (χ1) is 19.1. The SMILES string of the molecule is CCCNC(=O)[C@H](C)N(Cc1ccc(F)cc1)C(=O)CN(c1cc(OC)ccc1OC)S(=O)(=O)c1ccccc1. The van der Waals surface area contributed by atoms with Gasteiger partial charge in [-0.05, 0) is 55.3 Å². The van der Waals surface area contributed by atoms with Gasteiger partial charge in [0.25, 0.3) is 10.0 Å². The van der Waals surface area contributed by atoms with Crippen molar-refractivity contribution in [1.29, 1.82) is 0 Å². The highest BCUT2D eigenvalue weighted by molar-refractivity contribution is 7.92. The molecule has 40 heavy (non-hydrogen) atoms. The number of nitrogens with one attached hydrogen (secondary N) is 1. The first-order valence-corrected chi connectivity index (χ1v) is 14.2. The number of hydrogen-bond acceptors (Lipinski definition) is 6. The van der Waals surface area contributed by atoms with Gasteiger partial charge < -0.3 is 19.7 Å². The van der Waals surface area contributed by atoms with E-state index in [0.717, 1.165) is 4.31 Å². The van der Waals surface area contributed by atoms with Crippen LogP contribution in [-0.4, -0.2) is 58.5 Å². The zero-order chi connectivity index (χ0) is 29.3. The molecule has 3 rings (SSSR count). The maximum Gasteiger partial charge on any atom is 0.264 e. The molecule has 0 heterocycles. The van der Waals surface area contributed by atoms with Crippen molar-refractivity contribution in [3.8, 4) is 11.5 Å². The average Bonchev–Trinajstić information content (AvgIpc) is 2.97. The fourth-order valence-corrected chi connectivity index (χ4v) is 5.43. The predicted octanol–water partition coefficient (Wildman–Crippen LogP) is 3.98. The number of anilines is 1. The zero-order valence-corrected chi connectivity index (χ0v) is 23.8. The number of halogens is 1. The minimum Gasteiger partial charge on any atom is -0.497 e. The average molecular weight is 572 g/mol. The van der Waals surface area contributed by atoms with E-state index in [1.54, 1.807) is 37.3 Å². The number of sulfonamides is 1. The molecule has 0 aliphatic heterocycles. The fourth-order valence-electron chi connectivity index (χ4n) is 3.99. The Morgan fingerprint density at radius 1 is 0.975 bits per heavy atom. The van der Waals surface area contributed by atoms with Gasteiger partial charge in [0, 0.05) is 19.2 Å². The zero-order valence-electron chi connectivity index (χ0n) is 23.0. The Labute approximate surface area is 234 Å². The van der Waals surface area contributed by atoms with Crippen LogP contribution in [0.5, 0.6) is 11.5 Å². The molecule has 0 spiro atoms. The minimum absolute atomic E-state index is 0.0357. The first-order valence-electron chi connectivity index (χ1n) is 12.7. The molecule has 1 atom stereocenters. The molecule has 0 aliphatic rings. The van der Waals surface area contributed by atoms with Crippen molar-refractivity contribution >= 4 is 27.5 Å². The molecule has 0 unspecified atom stereocenters. The molecule has 1 N–H and O–H groups in total. The van der Waals surface area contributed by atoms with Gasteiger partial charge in [-0.15, -0.1) is 0 Å². The van der Waals surface area contributed by atoms with Gasteiger partial charge in [0.1, 0.15) is 29.9 Å². The summed E-state index contributed by atoms with van der Waals surface area (Å²) in [6.45, 7) is 3.19. The Balaban J connectivity index is 2.09. The largest absolute Gasteiger partial charge is 0.497 e. The molecular weight excluding hydrogens is 537 g/mol. The number of amides is 2. The summed E-state index contributed by atoms with van der Waals surface area (Å²) in [6, 6.07) is 16.9. The lowest BCUT2D eigenvalue weighted by Crippen LogP contribution is -2.51. The van der Waals surface area contributed by atoms with E-state index in [-0.39, 0.29) is 22.9 Å². The van der Waals surface area contributed by atoms with Crippen molar-refractivity contribution in [2.24, 2.45) is 0 Å². The number of hydrogen-bond donors (Lipinski definition) is 1. The van der Waals surface area contributed by atoms with Crippen LogP contribution in [0.3, 0.4) is 0 Å². The van der Waals surface area contributed by atoms with Gasteiger partial charge in [-0.25, -0.2) is 12.8 Å². The van der Waals surface area contributed by atoms with Crippen molar-refractivity contribution in [3.05, 3.63) is 84.2 Å². The van der Waals surface area contributed by atoms with E-state index in [1.165, 1.54) is 61.6 Å². The second kappa shape index (κ2) is 13.8. The number of benzene rings is 3. The van der Waals surface area contributed by atoms with Crippen LogP contribution in [0.4, 0.5) is 10.1 Å². The highest BCUT2D eigenvalue weighted by Gasteiger charge is 2.34. The molecule has 11 heteroatoms. The van der Waals surface area contributed by atoms with Gasteiger partial charge in [-0.2, -0.15) is 0 Å². The molecule has 9 nitrogen and oxygen atoms in total. The molecule has 0 radical (unpaired) electrons. The van der Waals surface area contributed by atoms with Gasteiger partial charge in [0.2, 0.25) is 11.8 Å². The molecule has 0 fully saturated rings. The van der Waals surface area contributed by atoms with E-state index in [2.05, 4.69) is 5.32 Å². The number of carbonyl (C=O) groups excluding carboxylic acids is 2. The Morgan fingerprint density at radius 2 is 1.65 bits per heavy atom. The Kier molecular flexibility index (Phi) is 10.5. The van der Waals surface area contributed by atoms with Gasteiger partial charge in [0.05, 0.1) is 24.8 Å². The summed E-state index contributed by atoms with van der Waals surface area (Å²) in [7, 11) is -1.45. The van der Waals surface area contributed by atoms with Gasteiger partial charge in [0.15, 0.2) is 0 Å². The maximum absolute atomic E-state index is 13.9. The molecule has 0 saturated carbocycles. The van der Waals surface area contributed by atoms with Crippen LogP contribution in [0.1, 0.15) is 25.8 Å². The van der Waals surface area contributed by atoms with Gasteiger partial charge in [-0.3, -0.25) is 13.9 Å². The minimum atomic E-state index is -4.28. The van der Waals surface area contributed by atoms with Gasteiger partial charge >= 0.3 is 0 Å². The fraction of sp³-hybridized carbons (Fsp3) is 0.310. The van der Waals surface area contributed by atoms with Gasteiger partial charge in [-0.1, -0.05) is 37.3 Å². The van der Waals surface area contributed by atoms with Crippen LogP contribution in [0.25, 0.3) is 0 Å². The summed E-state index contributed by atoms with van der Waals surface area (Å²) < 4.78 is 53.1. The number of nitrogens with zero attached hydrogens (tertiary/aromatic N) is 2. The quantitative estimate of drug-likeness (QED) is 0.333. The number of carbonyl (C=O) groups is 2. The van der Waals surface area contributed by atoms with Crippen LogP contribution in [0.15, 0.2) is 77.7 Å². The molecule has 0 bridgehead atoms. The molecular formula is C29H34FN3O6S. The molecule has 3 aromatic carbocycles. The van der Waals surface area contributed by atoms with Crippen LogP contribution >= 0.6 is 0 Å². The van der Waals surface area contributed by atoms with E-state index < -0.39 is 40.2 Å². The lowest BCUT2D eigenvalue weighted by Gasteiger charge is -2.32. The highest BCUT2D eigenvalue weighted by Crippen LogP contribution is 2.36. The van der Waals surface area contributed by atoms with Crippen molar-refractivity contribution in [3.63, 3.8) is 0 Å². The van der Waals surface area contributed by atoms with Crippen LogP contribution in [0.2, 0.25) is 0 Å². The molecule has 0 aromatic heterocycles. The predicted molar refractivity (Wildman–Crippen MR) is 150 cm³/mol. The second-order valence-electron chi connectivity index (χ2n) is 8.98. The van der Waals surface area contributed by atoms with Crippen LogP contribution in [-0.2, 0) is 26.2 Å². The standard InChI is InChI=1S/C29H34FN3O6S/c1-5-17-31-29(35)21(2)32(19-22-11-13-23(30)14-12-22)28(34)20-33(40(36,37)25-9-7-6-8-10-25)26-18-24(38-3)15-16-27(26)39-4/h6-16,18,21H,5,17,19-20H2,1-4H3,(H,31,35)/t21-/m0/s1. The van der Waals surface area contributed by atoms with Crippen molar-refractivity contribution in [2.75, 3.05) is 31.6 Å². The smallest absolute Gasteiger partial charge is 0.264 e. The monoisotopic (exact) mass is 571 g/mol. The van der Waals surface area contributed by atoms with Crippen LogP contribution in [0, 0.1) is 5.82 Å². The third-order valence-corrected chi connectivity index (χ3v) is 8.02. The van der Waals surface area contributed by atoms with E-state index in [9.17, 15) is 22.4 Å². The number of ether oxygens (including phenoxy) is 2. The summed E-state index contributed by atoms with van der Waals surface area (Å²) in [4.78, 5) is 28.1. The lowest BCUT2D eigenvalue weighted by atomic mass is 10.1. The Hall–Kier alpha value is -4.12. The third kappa shape index (κ3) is 7.29. The summed E-state index contributed by atoms with van der Waals surface area (Å²) in [5.41, 5.74) is 0.658. The van der Waals surface area contributed by atoms with Crippen molar-refractivity contribution in [1.82, 2.24) is 10.2 Å². The molecule has 3 aromatic rings. The Morgan fingerprint density at radius 3 is 2.25 bits per heavy atom. The van der Waals surface area contributed by atoms with E-state index in [4.69, 9.17) is 9.47 Å². The van der Waals surface area contributed by atoms with Crippen LogP contribution < -0.4 is 19.1 Å². The van der Waals surface area contributed by atoms with E-state index >= 15 is 0 Å². The molecule has 0 saturated heterocycles. The molecule has 214 valence electrons. The second-order valence-corrected chi connectivity index (χ2v) is 10.8. The maximum atomic E-state index is 13.9. The topological polar surface area (TPSA) is 105 Å². The first kappa shape index (κ1) is 30.4. The number of methoxy groups -OCH3 is 2. The summed E-state index contributed by atoms with van der Waals surface area (Å²) in [5.74, 6) is -0.930. The highest BCUT2D eigenvalue weighted by atomic mass is 32.2.